The van der Waals surface area contributed by atoms with Crippen LogP contribution in [0, 0.1) is 5.82 Å². The van der Waals surface area contributed by atoms with Crippen LogP contribution < -0.4 is 10.9 Å². The molecule has 1 aromatic heterocycles. The Balaban J connectivity index is 1.85. The molecule has 1 saturated carbocycles. The van der Waals surface area contributed by atoms with E-state index in [1.54, 1.807) is 0 Å². The van der Waals surface area contributed by atoms with E-state index < -0.39 is 17.3 Å². The topological polar surface area (TPSA) is 68.2 Å². The average molecular weight is 368 g/mol. The third-order valence-electron chi connectivity index (χ3n) is 5.44. The van der Waals surface area contributed by atoms with Gasteiger partial charge in [-0.25, -0.2) is 4.39 Å². The predicted octanol–water partition coefficient (Wildman–Crippen LogP) is 3.17. The van der Waals surface area contributed by atoms with Gasteiger partial charge in [-0.2, -0.15) is 0 Å². The fourth-order valence-corrected chi connectivity index (χ4v) is 4.05. The first kappa shape index (κ1) is 17.6. The van der Waals surface area contributed by atoms with E-state index in [9.17, 15) is 18.8 Å². The number of carbonyl (C=O) groups excluding carboxylic acids is 2. The number of ketones is 1. The van der Waals surface area contributed by atoms with Gasteiger partial charge in [0.2, 0.25) is 0 Å². The monoisotopic (exact) mass is 368 g/mol. The van der Waals surface area contributed by atoms with Crippen molar-refractivity contribution >= 4 is 11.7 Å². The predicted molar refractivity (Wildman–Crippen MR) is 99.0 cm³/mol. The Kier molecular flexibility index (Phi) is 4.64. The molecular weight excluding hydrogens is 347 g/mol. The number of pyridine rings is 1. The van der Waals surface area contributed by atoms with Crippen molar-refractivity contribution in [2.45, 2.75) is 51.0 Å². The van der Waals surface area contributed by atoms with Gasteiger partial charge in [-0.1, -0.05) is 12.8 Å². The Morgan fingerprint density at radius 3 is 2.44 bits per heavy atom. The summed E-state index contributed by atoms with van der Waals surface area (Å²) in [6.07, 6.45) is 5.56. The molecule has 1 heterocycles. The van der Waals surface area contributed by atoms with Gasteiger partial charge in [0.05, 0.1) is 0 Å². The van der Waals surface area contributed by atoms with Gasteiger partial charge in [-0.3, -0.25) is 19.0 Å². The lowest BCUT2D eigenvalue weighted by Crippen LogP contribution is -2.39. The standard InChI is InChI=1S/C21H21FN2O3/c22-13-8-10-15(11-9-13)24-18-6-3-7-19(25)16(18)12-17(21(24)27)20(26)23-14-4-1-2-5-14/h8-12,14H,1-7H2,(H,23,26). The highest BCUT2D eigenvalue weighted by molar-refractivity contribution is 6.02. The second-order valence-corrected chi connectivity index (χ2v) is 7.27. The van der Waals surface area contributed by atoms with Crippen molar-refractivity contribution < 1.29 is 14.0 Å². The van der Waals surface area contributed by atoms with E-state index in [0.717, 1.165) is 25.7 Å². The average Bonchev–Trinajstić information content (AvgIpc) is 3.15. The number of Topliss-reactive ketones (excluding diaryl/α,β-unsaturated/α-hetero) is 1. The molecule has 1 N–H and O–H groups in total. The quantitative estimate of drug-likeness (QED) is 0.905. The van der Waals surface area contributed by atoms with Crippen LogP contribution in [-0.4, -0.2) is 22.3 Å². The molecule has 1 amide bonds. The van der Waals surface area contributed by atoms with E-state index in [2.05, 4.69) is 5.32 Å². The van der Waals surface area contributed by atoms with Crippen molar-refractivity contribution in [2.75, 3.05) is 0 Å². The molecule has 0 spiro atoms. The lowest BCUT2D eigenvalue weighted by atomic mass is 9.92. The van der Waals surface area contributed by atoms with Gasteiger partial charge in [-0.15, -0.1) is 0 Å². The van der Waals surface area contributed by atoms with Crippen LogP contribution in [0.2, 0.25) is 0 Å². The maximum atomic E-state index is 13.3. The summed E-state index contributed by atoms with van der Waals surface area (Å²) in [6, 6.07) is 7.05. The first-order chi connectivity index (χ1) is 13.0. The second-order valence-electron chi connectivity index (χ2n) is 7.27. The number of nitrogens with one attached hydrogen (secondary N) is 1. The molecule has 0 aliphatic heterocycles. The normalized spacial score (nSPS) is 17.0. The van der Waals surface area contributed by atoms with Gasteiger partial charge in [0, 0.05) is 29.4 Å². The van der Waals surface area contributed by atoms with E-state index in [1.807, 2.05) is 0 Å². The fraction of sp³-hybridized carbons (Fsp3) is 0.381. The number of carbonyl (C=O) groups is 2. The van der Waals surface area contributed by atoms with Gasteiger partial charge in [-0.05, 0) is 56.0 Å². The zero-order valence-corrected chi connectivity index (χ0v) is 15.0. The molecule has 2 aliphatic rings. The van der Waals surface area contributed by atoms with Crippen LogP contribution in [0.3, 0.4) is 0 Å². The van der Waals surface area contributed by atoms with Gasteiger partial charge in [0.25, 0.3) is 11.5 Å². The molecule has 0 atom stereocenters. The van der Waals surface area contributed by atoms with Crippen LogP contribution in [0.5, 0.6) is 0 Å². The third-order valence-corrected chi connectivity index (χ3v) is 5.44. The molecule has 1 aromatic carbocycles. The zero-order chi connectivity index (χ0) is 19.0. The number of hydrogen-bond donors (Lipinski definition) is 1. The van der Waals surface area contributed by atoms with Gasteiger partial charge >= 0.3 is 0 Å². The Morgan fingerprint density at radius 2 is 1.74 bits per heavy atom. The third kappa shape index (κ3) is 3.31. The van der Waals surface area contributed by atoms with Gasteiger partial charge in [0.15, 0.2) is 5.78 Å². The van der Waals surface area contributed by atoms with Crippen molar-refractivity contribution in [1.29, 1.82) is 0 Å². The summed E-state index contributed by atoms with van der Waals surface area (Å²) >= 11 is 0. The van der Waals surface area contributed by atoms with E-state index in [4.69, 9.17) is 0 Å². The molecule has 0 saturated heterocycles. The van der Waals surface area contributed by atoms with Crippen LogP contribution in [0.4, 0.5) is 4.39 Å². The number of nitrogens with zero attached hydrogens (tertiary/aromatic N) is 1. The smallest absolute Gasteiger partial charge is 0.268 e. The Hall–Kier alpha value is -2.76. The van der Waals surface area contributed by atoms with E-state index >= 15 is 0 Å². The molecular formula is C21H21FN2O3. The minimum absolute atomic E-state index is 0.0276. The molecule has 0 unspecified atom stereocenters. The lowest BCUT2D eigenvalue weighted by molar-refractivity contribution is 0.0936. The summed E-state index contributed by atoms with van der Waals surface area (Å²) in [5, 5.41) is 2.92. The van der Waals surface area contributed by atoms with Gasteiger partial charge < -0.3 is 5.32 Å². The first-order valence-electron chi connectivity index (χ1n) is 9.43. The second kappa shape index (κ2) is 7.10. The lowest BCUT2D eigenvalue weighted by Gasteiger charge is -2.22. The van der Waals surface area contributed by atoms with E-state index in [0.29, 0.717) is 36.2 Å². The Morgan fingerprint density at radius 1 is 1.04 bits per heavy atom. The van der Waals surface area contributed by atoms with Crippen LogP contribution in [0.25, 0.3) is 5.69 Å². The number of halogens is 1. The summed E-state index contributed by atoms with van der Waals surface area (Å²) in [4.78, 5) is 38.3. The van der Waals surface area contributed by atoms with Crippen LogP contribution in [0.1, 0.15) is 64.9 Å². The molecule has 0 radical (unpaired) electrons. The number of amides is 1. The zero-order valence-electron chi connectivity index (χ0n) is 15.0. The van der Waals surface area contributed by atoms with Crippen molar-refractivity contribution in [1.82, 2.24) is 9.88 Å². The van der Waals surface area contributed by atoms with E-state index in [-0.39, 0.29) is 17.4 Å². The minimum Gasteiger partial charge on any atom is -0.349 e. The van der Waals surface area contributed by atoms with Crippen LogP contribution in [0.15, 0.2) is 35.1 Å². The summed E-state index contributed by atoms with van der Waals surface area (Å²) in [7, 11) is 0. The Labute approximate surface area is 156 Å². The molecule has 140 valence electrons. The highest BCUT2D eigenvalue weighted by Crippen LogP contribution is 2.24. The van der Waals surface area contributed by atoms with E-state index in [1.165, 1.54) is 34.9 Å². The molecule has 2 aromatic rings. The number of hydrogen-bond acceptors (Lipinski definition) is 3. The van der Waals surface area contributed by atoms with Gasteiger partial charge in [0.1, 0.15) is 11.4 Å². The highest BCUT2D eigenvalue weighted by Gasteiger charge is 2.27. The molecule has 1 fully saturated rings. The SMILES string of the molecule is O=C1CCCc2c1cc(C(=O)NC1CCCC1)c(=O)n2-c1ccc(F)cc1. The van der Waals surface area contributed by atoms with Crippen molar-refractivity contribution in [2.24, 2.45) is 0 Å². The number of aromatic nitrogens is 1. The summed E-state index contributed by atoms with van der Waals surface area (Å²) in [6.45, 7) is 0. The minimum atomic E-state index is -0.467. The van der Waals surface area contributed by atoms with Crippen molar-refractivity contribution in [3.05, 3.63) is 63.3 Å². The molecule has 0 bridgehead atoms. The Bertz CT molecular complexity index is 957. The fourth-order valence-electron chi connectivity index (χ4n) is 4.05. The van der Waals surface area contributed by atoms with Crippen LogP contribution >= 0.6 is 0 Å². The van der Waals surface area contributed by atoms with Crippen molar-refractivity contribution in [3.63, 3.8) is 0 Å². The number of rotatable bonds is 3. The maximum Gasteiger partial charge on any atom is 0.268 e. The number of fused-ring (bicyclic) bond motifs is 1. The molecule has 27 heavy (non-hydrogen) atoms. The molecule has 2 aliphatic carbocycles. The largest absolute Gasteiger partial charge is 0.349 e. The molecule has 6 heteroatoms. The van der Waals surface area contributed by atoms with Crippen LogP contribution in [-0.2, 0) is 6.42 Å². The number of benzene rings is 1. The first-order valence-corrected chi connectivity index (χ1v) is 9.43. The van der Waals surface area contributed by atoms with Crippen molar-refractivity contribution in [3.8, 4) is 5.69 Å². The highest BCUT2D eigenvalue weighted by atomic mass is 19.1. The molecule has 4 rings (SSSR count). The summed E-state index contributed by atoms with van der Waals surface area (Å²) in [5.74, 6) is -0.919. The maximum absolute atomic E-state index is 13.3. The summed E-state index contributed by atoms with van der Waals surface area (Å²) in [5.41, 5.74) is 0.982. The summed E-state index contributed by atoms with van der Waals surface area (Å²) < 4.78 is 14.7. The molecule has 5 nitrogen and oxygen atoms in total.